The van der Waals surface area contributed by atoms with Crippen LogP contribution < -0.4 is 21.5 Å². The van der Waals surface area contributed by atoms with Gasteiger partial charge in [-0.3, -0.25) is 24.9 Å². The quantitative estimate of drug-likeness (QED) is 0.371. The molecule has 3 heterocycles. The summed E-state index contributed by atoms with van der Waals surface area (Å²) in [6.07, 6.45) is 7.95. The maximum absolute atomic E-state index is 13.6. The number of carbonyl (C=O) groups excluding carboxylic acids is 2. The molecule has 41 heavy (non-hydrogen) atoms. The average Bonchev–Trinajstić information content (AvgIpc) is 3.40. The lowest BCUT2D eigenvalue weighted by molar-refractivity contribution is -0.130. The highest BCUT2D eigenvalue weighted by Gasteiger charge is 2.43. The number of aromatic nitrogens is 1. The van der Waals surface area contributed by atoms with Gasteiger partial charge in [-0.05, 0) is 73.1 Å². The first-order valence-corrected chi connectivity index (χ1v) is 15.6. The third-order valence-corrected chi connectivity index (χ3v) is 9.50. The summed E-state index contributed by atoms with van der Waals surface area (Å²) in [5.74, 6) is 1.39. The summed E-state index contributed by atoms with van der Waals surface area (Å²) in [5.41, 5.74) is 9.34. The standard InChI is InChI=1S/C33H48N6O2/c1-21(2)30(22(3)4)36-33(41)29-13-11-26(20-39(29)19-23-8-6-5-7-9-23)35-32(40)25-10-12-28-27(18-25)31(38-37-28)24-14-16-34-17-15-24/h5-9,14-17,21-22,25-31,37-38H,10-13,18-20H2,1-4H3,(H,35,40)(H,36,41)/t25?,26-,27?,28?,29+,31?/m1/s1. The molecule has 4 N–H and O–H groups in total. The summed E-state index contributed by atoms with van der Waals surface area (Å²) in [5, 5.41) is 6.78. The van der Waals surface area contributed by atoms with Crippen LogP contribution in [0, 0.1) is 23.7 Å². The highest BCUT2D eigenvalue weighted by atomic mass is 16.2. The number of hydrazine groups is 1. The molecule has 222 valence electrons. The molecular formula is C33H48N6O2. The molecule has 3 aliphatic rings. The second-order valence-electron chi connectivity index (χ2n) is 13.1. The van der Waals surface area contributed by atoms with Crippen molar-refractivity contribution in [2.45, 2.75) is 96.6 Å². The molecule has 1 aromatic carbocycles. The van der Waals surface area contributed by atoms with Crippen LogP contribution in [0.5, 0.6) is 0 Å². The Morgan fingerprint density at radius 3 is 2.37 bits per heavy atom. The van der Waals surface area contributed by atoms with Crippen LogP contribution in [0.2, 0.25) is 0 Å². The van der Waals surface area contributed by atoms with Gasteiger partial charge in [0.25, 0.3) is 0 Å². The molecule has 5 rings (SSSR count). The molecule has 1 aromatic heterocycles. The first-order valence-electron chi connectivity index (χ1n) is 15.6. The normalized spacial score (nSPS) is 28.6. The minimum absolute atomic E-state index is 0.00345. The zero-order chi connectivity index (χ0) is 28.9. The van der Waals surface area contributed by atoms with E-state index in [2.05, 4.69) is 83.3 Å². The van der Waals surface area contributed by atoms with Crippen molar-refractivity contribution < 1.29 is 9.59 Å². The number of benzene rings is 1. The van der Waals surface area contributed by atoms with E-state index in [9.17, 15) is 9.59 Å². The molecule has 1 saturated carbocycles. The average molecular weight is 561 g/mol. The van der Waals surface area contributed by atoms with E-state index in [1.54, 1.807) is 0 Å². The van der Waals surface area contributed by atoms with Crippen molar-refractivity contribution in [3.63, 3.8) is 0 Å². The van der Waals surface area contributed by atoms with Crippen molar-refractivity contribution in [2.75, 3.05) is 6.54 Å². The van der Waals surface area contributed by atoms with Crippen LogP contribution in [0.4, 0.5) is 0 Å². The highest BCUT2D eigenvalue weighted by Crippen LogP contribution is 2.40. The van der Waals surface area contributed by atoms with Gasteiger partial charge < -0.3 is 10.6 Å². The number of amides is 2. The number of likely N-dealkylation sites (tertiary alicyclic amines) is 1. The molecule has 8 nitrogen and oxygen atoms in total. The number of fused-ring (bicyclic) bond motifs is 1. The lowest BCUT2D eigenvalue weighted by Crippen LogP contribution is -2.58. The number of nitrogens with zero attached hydrogens (tertiary/aromatic N) is 2. The Kier molecular flexibility index (Phi) is 9.73. The largest absolute Gasteiger partial charge is 0.352 e. The molecule has 2 aliphatic heterocycles. The summed E-state index contributed by atoms with van der Waals surface area (Å²) in [6, 6.07) is 15.0. The van der Waals surface area contributed by atoms with Crippen molar-refractivity contribution in [1.82, 2.24) is 31.4 Å². The van der Waals surface area contributed by atoms with Crippen LogP contribution in [0.1, 0.15) is 77.0 Å². The smallest absolute Gasteiger partial charge is 0.237 e. The monoisotopic (exact) mass is 560 g/mol. The summed E-state index contributed by atoms with van der Waals surface area (Å²) in [4.78, 5) is 33.6. The van der Waals surface area contributed by atoms with Crippen LogP contribution in [0.3, 0.4) is 0 Å². The SMILES string of the molecule is CC(C)C(NC(=O)[C@@H]1CC[C@@H](NC(=O)C2CCC3NNC(c4ccncc4)C3C2)CN1Cc1ccccc1)C(C)C. The number of rotatable bonds is 9. The Morgan fingerprint density at radius 1 is 0.927 bits per heavy atom. The molecule has 6 atom stereocenters. The van der Waals surface area contributed by atoms with Gasteiger partial charge in [-0.15, -0.1) is 0 Å². The van der Waals surface area contributed by atoms with Crippen molar-refractivity contribution in [2.24, 2.45) is 23.7 Å². The number of piperidine rings is 1. The molecule has 2 aromatic rings. The van der Waals surface area contributed by atoms with Crippen molar-refractivity contribution in [3.05, 3.63) is 66.0 Å². The second kappa shape index (κ2) is 13.4. The van der Waals surface area contributed by atoms with Gasteiger partial charge in [-0.25, -0.2) is 5.43 Å². The summed E-state index contributed by atoms with van der Waals surface area (Å²) >= 11 is 0. The molecule has 8 heteroatoms. The topological polar surface area (TPSA) is 98.4 Å². The van der Waals surface area contributed by atoms with E-state index in [1.165, 1.54) is 11.1 Å². The number of hydrogen-bond acceptors (Lipinski definition) is 6. The number of nitrogens with one attached hydrogen (secondary N) is 4. The second-order valence-corrected chi connectivity index (χ2v) is 13.1. The summed E-state index contributed by atoms with van der Waals surface area (Å²) in [6.45, 7) is 10.0. The molecule has 1 aliphatic carbocycles. The van der Waals surface area contributed by atoms with Gasteiger partial charge in [-0.1, -0.05) is 58.0 Å². The first-order chi connectivity index (χ1) is 19.8. The zero-order valence-electron chi connectivity index (χ0n) is 25.1. The van der Waals surface area contributed by atoms with Crippen molar-refractivity contribution in [3.8, 4) is 0 Å². The van der Waals surface area contributed by atoms with Crippen LogP contribution >= 0.6 is 0 Å². The Hall–Kier alpha value is -2.81. The van der Waals surface area contributed by atoms with Crippen LogP contribution in [-0.2, 0) is 16.1 Å². The molecule has 2 saturated heterocycles. The summed E-state index contributed by atoms with van der Waals surface area (Å²) in [7, 11) is 0. The fourth-order valence-corrected chi connectivity index (χ4v) is 7.33. The molecule has 0 bridgehead atoms. The van der Waals surface area contributed by atoms with Gasteiger partial charge in [0, 0.05) is 49.5 Å². The fourth-order valence-electron chi connectivity index (χ4n) is 7.33. The number of hydrogen-bond donors (Lipinski definition) is 4. The zero-order valence-corrected chi connectivity index (χ0v) is 25.1. The lowest BCUT2D eigenvalue weighted by atomic mass is 9.74. The third-order valence-electron chi connectivity index (χ3n) is 9.50. The molecule has 0 spiro atoms. The molecule has 0 radical (unpaired) electrons. The minimum Gasteiger partial charge on any atom is -0.352 e. The van der Waals surface area contributed by atoms with Crippen LogP contribution in [0.15, 0.2) is 54.9 Å². The molecule has 2 amide bonds. The maximum atomic E-state index is 13.6. The lowest BCUT2D eigenvalue weighted by Gasteiger charge is -2.41. The van der Waals surface area contributed by atoms with Crippen molar-refractivity contribution >= 4 is 11.8 Å². The fraction of sp³-hybridized carbons (Fsp3) is 0.606. The van der Waals surface area contributed by atoms with Gasteiger partial charge in [0.15, 0.2) is 0 Å². The van der Waals surface area contributed by atoms with Gasteiger partial charge >= 0.3 is 0 Å². The van der Waals surface area contributed by atoms with Gasteiger partial charge in [0.2, 0.25) is 11.8 Å². The van der Waals surface area contributed by atoms with Gasteiger partial charge in [0.05, 0.1) is 12.1 Å². The Balaban J connectivity index is 1.23. The maximum Gasteiger partial charge on any atom is 0.237 e. The summed E-state index contributed by atoms with van der Waals surface area (Å²) < 4.78 is 0. The highest BCUT2D eigenvalue weighted by molar-refractivity contribution is 5.82. The molecule has 3 fully saturated rings. The number of pyridine rings is 1. The predicted molar refractivity (Wildman–Crippen MR) is 161 cm³/mol. The van der Waals surface area contributed by atoms with Gasteiger partial charge in [-0.2, -0.15) is 0 Å². The Morgan fingerprint density at radius 2 is 1.66 bits per heavy atom. The van der Waals surface area contributed by atoms with E-state index in [-0.39, 0.29) is 41.9 Å². The van der Waals surface area contributed by atoms with Crippen LogP contribution in [-0.4, -0.2) is 52.4 Å². The Bertz CT molecular complexity index is 1130. The minimum atomic E-state index is -0.199. The van der Waals surface area contributed by atoms with Crippen LogP contribution in [0.25, 0.3) is 0 Å². The van der Waals surface area contributed by atoms with Crippen molar-refractivity contribution in [1.29, 1.82) is 0 Å². The van der Waals surface area contributed by atoms with Gasteiger partial charge in [0.1, 0.15) is 0 Å². The van der Waals surface area contributed by atoms with E-state index in [4.69, 9.17) is 0 Å². The molecule has 4 unspecified atom stereocenters. The number of carbonyl (C=O) groups is 2. The Labute approximate surface area is 245 Å². The predicted octanol–water partition coefficient (Wildman–Crippen LogP) is 3.96. The van der Waals surface area contributed by atoms with E-state index in [0.29, 0.717) is 36.9 Å². The molecular weight excluding hydrogens is 512 g/mol. The van der Waals surface area contributed by atoms with E-state index < -0.39 is 0 Å². The third kappa shape index (κ3) is 7.16. The van der Waals surface area contributed by atoms with E-state index in [1.807, 2.05) is 30.6 Å². The van der Waals surface area contributed by atoms with E-state index in [0.717, 1.165) is 32.1 Å². The van der Waals surface area contributed by atoms with E-state index >= 15 is 0 Å². The first kappa shape index (κ1) is 29.7.